The molecule has 5 nitrogen and oxygen atoms in total. The Morgan fingerprint density at radius 2 is 1.58 bits per heavy atom. The molecule has 0 unspecified atom stereocenters. The molecule has 2 heterocycles. The van der Waals surface area contributed by atoms with Gasteiger partial charge in [-0.1, -0.05) is 25.1 Å². The van der Waals surface area contributed by atoms with Crippen molar-refractivity contribution in [3.05, 3.63) is 99.9 Å². The average Bonchev–Trinajstić information content (AvgIpc) is 2.79. The summed E-state index contributed by atoms with van der Waals surface area (Å²) in [5, 5.41) is 4.19. The van der Waals surface area contributed by atoms with Crippen LogP contribution in [0.3, 0.4) is 0 Å². The quantitative estimate of drug-likeness (QED) is 0.448. The van der Waals surface area contributed by atoms with E-state index in [1.54, 1.807) is 12.4 Å². The summed E-state index contributed by atoms with van der Waals surface area (Å²) in [5.74, 6) is -3.64. The van der Waals surface area contributed by atoms with Crippen molar-refractivity contribution in [2.24, 2.45) is 0 Å². The Morgan fingerprint density at radius 3 is 2.26 bits per heavy atom. The van der Waals surface area contributed by atoms with Crippen molar-refractivity contribution in [3.63, 3.8) is 0 Å². The molecule has 0 aliphatic heterocycles. The number of nitrogens with zero attached hydrogens (tertiary/aromatic N) is 4. The van der Waals surface area contributed by atoms with Crippen molar-refractivity contribution >= 4 is 0 Å². The Hall–Kier alpha value is -3.81. The molecule has 4 aromatic rings. The minimum absolute atomic E-state index is 0.0308. The van der Waals surface area contributed by atoms with Crippen LogP contribution in [-0.4, -0.2) is 19.7 Å². The van der Waals surface area contributed by atoms with Gasteiger partial charge in [-0.2, -0.15) is 5.10 Å². The second kappa shape index (κ2) is 8.51. The molecule has 0 aliphatic rings. The van der Waals surface area contributed by atoms with E-state index in [1.165, 1.54) is 16.8 Å². The van der Waals surface area contributed by atoms with Crippen molar-refractivity contribution in [1.82, 2.24) is 19.7 Å². The molecule has 31 heavy (non-hydrogen) atoms. The molecule has 2 aromatic heterocycles. The fourth-order valence-electron chi connectivity index (χ4n) is 3.09. The van der Waals surface area contributed by atoms with E-state index in [0.29, 0.717) is 5.82 Å². The van der Waals surface area contributed by atoms with Crippen LogP contribution < -0.4 is 5.56 Å². The van der Waals surface area contributed by atoms with Gasteiger partial charge < -0.3 is 0 Å². The topological polar surface area (TPSA) is 60.7 Å². The highest BCUT2D eigenvalue weighted by molar-refractivity contribution is 5.59. The second-order valence-corrected chi connectivity index (χ2v) is 6.94. The lowest BCUT2D eigenvalue weighted by molar-refractivity contribution is 0.447. The molecule has 0 bridgehead atoms. The lowest BCUT2D eigenvalue weighted by Gasteiger charge is -2.09. The summed E-state index contributed by atoms with van der Waals surface area (Å²) in [7, 11) is 0. The van der Waals surface area contributed by atoms with Crippen LogP contribution in [0.2, 0.25) is 0 Å². The molecule has 0 N–H and O–H groups in total. The van der Waals surface area contributed by atoms with Crippen LogP contribution in [0.5, 0.6) is 0 Å². The molecule has 4 rings (SSSR count). The van der Waals surface area contributed by atoms with Crippen molar-refractivity contribution < 1.29 is 13.2 Å². The number of aromatic nitrogens is 4. The summed E-state index contributed by atoms with van der Waals surface area (Å²) < 4.78 is 41.6. The van der Waals surface area contributed by atoms with Gasteiger partial charge in [0.25, 0.3) is 5.56 Å². The van der Waals surface area contributed by atoms with E-state index >= 15 is 0 Å². The molecule has 0 radical (unpaired) electrons. The minimum Gasteiger partial charge on any atom is -0.268 e. The van der Waals surface area contributed by atoms with Crippen molar-refractivity contribution in [1.29, 1.82) is 0 Å². The zero-order valence-corrected chi connectivity index (χ0v) is 16.5. The first-order valence-electron chi connectivity index (χ1n) is 9.58. The highest BCUT2D eigenvalue weighted by Crippen LogP contribution is 2.22. The van der Waals surface area contributed by atoms with Gasteiger partial charge in [0.15, 0.2) is 23.3 Å². The fourth-order valence-corrected chi connectivity index (χ4v) is 3.09. The number of aryl methyl sites for hydroxylation is 1. The van der Waals surface area contributed by atoms with Gasteiger partial charge in [0, 0.05) is 29.6 Å². The number of rotatable bonds is 5. The van der Waals surface area contributed by atoms with Crippen molar-refractivity contribution in [2.45, 2.75) is 19.9 Å². The van der Waals surface area contributed by atoms with Gasteiger partial charge in [-0.15, -0.1) is 0 Å². The first kappa shape index (κ1) is 20.5. The summed E-state index contributed by atoms with van der Waals surface area (Å²) in [5.41, 5.74) is 2.37. The monoisotopic (exact) mass is 422 g/mol. The Kier molecular flexibility index (Phi) is 5.62. The van der Waals surface area contributed by atoms with E-state index in [1.807, 2.05) is 31.2 Å². The summed E-state index contributed by atoms with van der Waals surface area (Å²) in [6, 6.07) is 11.6. The highest BCUT2D eigenvalue weighted by Gasteiger charge is 2.13. The molecule has 0 saturated heterocycles. The molecule has 0 amide bonds. The molecule has 0 spiro atoms. The minimum atomic E-state index is -1.55. The van der Waals surface area contributed by atoms with E-state index in [2.05, 4.69) is 15.1 Å². The number of hydrogen-bond acceptors (Lipinski definition) is 4. The van der Waals surface area contributed by atoms with Crippen LogP contribution in [0.25, 0.3) is 22.6 Å². The SMILES string of the molecule is CCc1cnc(-c2cccc(Cn3nc(-c4cc(F)c(F)c(F)c4)ccc3=O)c2)nc1. The Balaban J connectivity index is 1.65. The Morgan fingerprint density at radius 1 is 0.871 bits per heavy atom. The normalized spacial score (nSPS) is 11.0. The predicted molar refractivity (Wildman–Crippen MR) is 110 cm³/mol. The van der Waals surface area contributed by atoms with Crippen LogP contribution >= 0.6 is 0 Å². The fraction of sp³-hybridized carbons (Fsp3) is 0.130. The average molecular weight is 422 g/mol. The molecule has 0 aliphatic carbocycles. The smallest absolute Gasteiger partial charge is 0.267 e. The third kappa shape index (κ3) is 4.37. The Labute approximate surface area is 175 Å². The maximum Gasteiger partial charge on any atom is 0.267 e. The van der Waals surface area contributed by atoms with E-state index in [-0.39, 0.29) is 23.4 Å². The van der Waals surface area contributed by atoms with Crippen molar-refractivity contribution in [3.8, 4) is 22.6 Å². The first-order chi connectivity index (χ1) is 14.9. The molecule has 0 saturated carbocycles. The van der Waals surface area contributed by atoms with Crippen molar-refractivity contribution in [2.75, 3.05) is 0 Å². The van der Waals surface area contributed by atoms with Crippen LogP contribution in [0, 0.1) is 17.5 Å². The summed E-state index contributed by atoms with van der Waals surface area (Å²) in [4.78, 5) is 21.0. The van der Waals surface area contributed by atoms with E-state index < -0.39 is 17.5 Å². The van der Waals surface area contributed by atoms with Gasteiger partial charge in [0.05, 0.1) is 12.2 Å². The van der Waals surface area contributed by atoms with Crippen LogP contribution in [-0.2, 0) is 13.0 Å². The van der Waals surface area contributed by atoms with Gasteiger partial charge in [-0.3, -0.25) is 4.79 Å². The van der Waals surface area contributed by atoms with Gasteiger partial charge in [0.1, 0.15) is 0 Å². The highest BCUT2D eigenvalue weighted by atomic mass is 19.2. The standard InChI is InChI=1S/C23H17F3N4O/c1-2-14-11-27-23(28-12-14)16-5-3-4-15(8-16)13-30-21(31)7-6-20(29-30)17-9-18(24)22(26)19(25)10-17/h3-12H,2,13H2,1H3. The van der Waals surface area contributed by atoms with E-state index in [0.717, 1.165) is 35.2 Å². The van der Waals surface area contributed by atoms with E-state index in [4.69, 9.17) is 0 Å². The summed E-state index contributed by atoms with van der Waals surface area (Å²) in [6.45, 7) is 2.15. The maximum absolute atomic E-state index is 13.6. The lowest BCUT2D eigenvalue weighted by Crippen LogP contribution is -2.22. The zero-order chi connectivity index (χ0) is 22.0. The third-order valence-corrected chi connectivity index (χ3v) is 4.78. The number of halogens is 3. The predicted octanol–water partition coefficient (Wildman–Crippen LogP) is 4.40. The Bertz CT molecular complexity index is 1280. The molecular formula is C23H17F3N4O. The van der Waals surface area contributed by atoms with Crippen LogP contribution in [0.1, 0.15) is 18.1 Å². The third-order valence-electron chi connectivity index (χ3n) is 4.78. The summed E-state index contributed by atoms with van der Waals surface area (Å²) in [6.07, 6.45) is 4.38. The first-order valence-corrected chi connectivity index (χ1v) is 9.58. The summed E-state index contributed by atoms with van der Waals surface area (Å²) >= 11 is 0. The lowest BCUT2D eigenvalue weighted by atomic mass is 10.1. The molecule has 0 fully saturated rings. The molecule has 2 aromatic carbocycles. The van der Waals surface area contributed by atoms with Gasteiger partial charge in [0.2, 0.25) is 0 Å². The number of hydrogen-bond donors (Lipinski definition) is 0. The van der Waals surface area contributed by atoms with Gasteiger partial charge >= 0.3 is 0 Å². The van der Waals surface area contributed by atoms with E-state index in [9.17, 15) is 18.0 Å². The molecule has 0 atom stereocenters. The molecule has 156 valence electrons. The largest absolute Gasteiger partial charge is 0.268 e. The zero-order valence-electron chi connectivity index (χ0n) is 16.5. The second-order valence-electron chi connectivity index (χ2n) is 6.94. The molecular weight excluding hydrogens is 405 g/mol. The van der Waals surface area contributed by atoms with Gasteiger partial charge in [-0.25, -0.2) is 27.8 Å². The molecule has 8 heteroatoms. The van der Waals surface area contributed by atoms with Gasteiger partial charge in [-0.05, 0) is 41.8 Å². The van der Waals surface area contributed by atoms with Crippen LogP contribution in [0.4, 0.5) is 13.2 Å². The maximum atomic E-state index is 13.6. The number of benzene rings is 2. The van der Waals surface area contributed by atoms with Crippen LogP contribution in [0.15, 0.2) is 65.7 Å².